The van der Waals surface area contributed by atoms with Crippen LogP contribution in [0.3, 0.4) is 0 Å². The highest BCUT2D eigenvalue weighted by Gasteiger charge is 2.19. The number of carboxylic acids is 1. The van der Waals surface area contributed by atoms with Gasteiger partial charge in [-0.25, -0.2) is 0 Å². The lowest BCUT2D eigenvalue weighted by Crippen LogP contribution is -2.12. The van der Waals surface area contributed by atoms with E-state index in [9.17, 15) is 14.7 Å². The van der Waals surface area contributed by atoms with E-state index < -0.39 is 11.9 Å². The number of rotatable bonds is 8. The van der Waals surface area contributed by atoms with Crippen LogP contribution < -0.4 is 0 Å². The van der Waals surface area contributed by atoms with E-state index in [0.717, 1.165) is 11.1 Å². The van der Waals surface area contributed by atoms with E-state index in [1.165, 1.54) is 0 Å². The van der Waals surface area contributed by atoms with Gasteiger partial charge in [0.05, 0.1) is 5.92 Å². The number of carboxylic acid groups (broad SMARTS) is 1. The van der Waals surface area contributed by atoms with Crippen LogP contribution in [0.5, 0.6) is 0 Å². The van der Waals surface area contributed by atoms with E-state index >= 15 is 0 Å². The molecule has 0 amide bonds. The molecule has 0 aromatic heterocycles. The lowest BCUT2D eigenvalue weighted by molar-refractivity contribution is -0.145. The first-order valence-corrected chi connectivity index (χ1v) is 7.64. The van der Waals surface area contributed by atoms with Crippen LogP contribution in [0.25, 0.3) is 0 Å². The molecule has 2 aromatic carbocycles. The maximum atomic E-state index is 11.7. The highest BCUT2D eigenvalue weighted by molar-refractivity contribution is 5.76. The van der Waals surface area contributed by atoms with Gasteiger partial charge in [0.15, 0.2) is 0 Å². The molecule has 0 aliphatic rings. The van der Waals surface area contributed by atoms with Gasteiger partial charge in [-0.1, -0.05) is 60.7 Å². The van der Waals surface area contributed by atoms with E-state index in [4.69, 9.17) is 4.74 Å². The summed E-state index contributed by atoms with van der Waals surface area (Å²) >= 11 is 0. The van der Waals surface area contributed by atoms with Gasteiger partial charge in [-0.2, -0.15) is 0 Å². The molecule has 0 fully saturated rings. The van der Waals surface area contributed by atoms with Crippen molar-refractivity contribution in [2.75, 3.05) is 0 Å². The van der Waals surface area contributed by atoms with Crippen LogP contribution in [0.2, 0.25) is 0 Å². The molecule has 0 bridgehead atoms. The van der Waals surface area contributed by atoms with Crippen molar-refractivity contribution in [1.29, 1.82) is 0 Å². The third kappa shape index (κ3) is 5.58. The molecule has 4 nitrogen and oxygen atoms in total. The molecule has 0 saturated carbocycles. The fraction of sp³-hybridized carbons (Fsp3) is 0.263. The van der Waals surface area contributed by atoms with Crippen LogP contribution in [0.4, 0.5) is 0 Å². The van der Waals surface area contributed by atoms with Crippen molar-refractivity contribution in [3.63, 3.8) is 0 Å². The van der Waals surface area contributed by atoms with Crippen molar-refractivity contribution >= 4 is 11.9 Å². The highest BCUT2D eigenvalue weighted by Crippen LogP contribution is 2.22. The molecule has 0 radical (unpaired) electrons. The molecule has 2 rings (SSSR count). The molecule has 0 spiro atoms. The Labute approximate surface area is 135 Å². The number of hydrogen-bond donors (Lipinski definition) is 1. The minimum Gasteiger partial charge on any atom is -0.481 e. The van der Waals surface area contributed by atoms with Gasteiger partial charge in [0.1, 0.15) is 6.61 Å². The van der Waals surface area contributed by atoms with Crippen molar-refractivity contribution in [2.45, 2.75) is 31.8 Å². The first-order chi connectivity index (χ1) is 11.2. The SMILES string of the molecule is O=C(CCCC(C(=O)O)c1ccccc1)OCc1ccccc1. The van der Waals surface area contributed by atoms with E-state index in [1.54, 1.807) is 12.1 Å². The summed E-state index contributed by atoms with van der Waals surface area (Å²) in [4.78, 5) is 23.1. The Morgan fingerprint density at radius 2 is 1.57 bits per heavy atom. The van der Waals surface area contributed by atoms with Gasteiger partial charge in [-0.3, -0.25) is 9.59 Å². The molecule has 4 heteroatoms. The van der Waals surface area contributed by atoms with Gasteiger partial charge in [0.2, 0.25) is 0 Å². The monoisotopic (exact) mass is 312 g/mol. The molecule has 2 aromatic rings. The third-order valence-electron chi connectivity index (χ3n) is 3.62. The fourth-order valence-corrected chi connectivity index (χ4v) is 2.38. The Balaban J connectivity index is 1.76. The molecule has 1 unspecified atom stereocenters. The fourth-order valence-electron chi connectivity index (χ4n) is 2.38. The van der Waals surface area contributed by atoms with Gasteiger partial charge in [-0.15, -0.1) is 0 Å². The summed E-state index contributed by atoms with van der Waals surface area (Å²) in [5.41, 5.74) is 1.70. The van der Waals surface area contributed by atoms with Crippen molar-refractivity contribution in [1.82, 2.24) is 0 Å². The lowest BCUT2D eigenvalue weighted by Gasteiger charge is -2.12. The first kappa shape index (κ1) is 16.7. The molecule has 0 aliphatic heterocycles. The third-order valence-corrected chi connectivity index (χ3v) is 3.62. The molecule has 23 heavy (non-hydrogen) atoms. The second kappa shape index (κ2) is 8.73. The van der Waals surface area contributed by atoms with Crippen molar-refractivity contribution in [3.05, 3.63) is 71.8 Å². The molecular formula is C19H20O4. The number of carbonyl (C=O) groups is 2. The second-order valence-electron chi connectivity index (χ2n) is 5.34. The minimum atomic E-state index is -0.867. The second-order valence-corrected chi connectivity index (χ2v) is 5.34. The molecular weight excluding hydrogens is 292 g/mol. The maximum Gasteiger partial charge on any atom is 0.310 e. The average molecular weight is 312 g/mol. The number of esters is 1. The van der Waals surface area contributed by atoms with Gasteiger partial charge in [0.25, 0.3) is 0 Å². The molecule has 0 heterocycles. The maximum absolute atomic E-state index is 11.7. The summed E-state index contributed by atoms with van der Waals surface area (Å²) in [7, 11) is 0. The van der Waals surface area contributed by atoms with Gasteiger partial charge in [-0.05, 0) is 24.0 Å². The Morgan fingerprint density at radius 3 is 2.17 bits per heavy atom. The predicted octanol–water partition coefficient (Wildman–Crippen LogP) is 3.77. The van der Waals surface area contributed by atoms with Gasteiger partial charge in [0, 0.05) is 6.42 Å². The van der Waals surface area contributed by atoms with Gasteiger partial charge >= 0.3 is 11.9 Å². The first-order valence-electron chi connectivity index (χ1n) is 7.64. The van der Waals surface area contributed by atoms with Crippen LogP contribution in [0, 0.1) is 0 Å². The summed E-state index contributed by atoms with van der Waals surface area (Å²) in [5, 5.41) is 9.33. The minimum absolute atomic E-state index is 0.226. The zero-order chi connectivity index (χ0) is 16.5. The lowest BCUT2D eigenvalue weighted by atomic mass is 9.94. The molecule has 0 saturated heterocycles. The van der Waals surface area contributed by atoms with E-state index in [2.05, 4.69) is 0 Å². The van der Waals surface area contributed by atoms with Crippen molar-refractivity contribution in [2.24, 2.45) is 0 Å². The Hall–Kier alpha value is -2.62. The van der Waals surface area contributed by atoms with Crippen molar-refractivity contribution < 1.29 is 19.4 Å². The standard InChI is InChI=1S/C19H20O4/c20-18(23-14-15-8-3-1-4-9-15)13-7-12-17(19(21)22)16-10-5-2-6-11-16/h1-6,8-11,17H,7,12-14H2,(H,21,22). The van der Waals surface area contributed by atoms with Crippen LogP contribution in [-0.4, -0.2) is 17.0 Å². The normalized spacial score (nSPS) is 11.7. The molecule has 1 N–H and O–H groups in total. The van der Waals surface area contributed by atoms with Crippen molar-refractivity contribution in [3.8, 4) is 0 Å². The summed E-state index contributed by atoms with van der Waals surface area (Å²) in [5.74, 6) is -1.75. The molecule has 120 valence electrons. The highest BCUT2D eigenvalue weighted by atomic mass is 16.5. The van der Waals surface area contributed by atoms with E-state index in [0.29, 0.717) is 12.8 Å². The van der Waals surface area contributed by atoms with Crippen LogP contribution >= 0.6 is 0 Å². The quantitative estimate of drug-likeness (QED) is 0.754. The number of carbonyl (C=O) groups excluding carboxylic acids is 1. The Kier molecular flexibility index (Phi) is 6.36. The summed E-state index contributed by atoms with van der Waals surface area (Å²) in [6.07, 6.45) is 1.13. The zero-order valence-electron chi connectivity index (χ0n) is 12.9. The van der Waals surface area contributed by atoms with Crippen LogP contribution in [-0.2, 0) is 20.9 Å². The number of benzene rings is 2. The summed E-state index contributed by atoms with van der Waals surface area (Å²) < 4.78 is 5.19. The largest absolute Gasteiger partial charge is 0.481 e. The Morgan fingerprint density at radius 1 is 0.957 bits per heavy atom. The van der Waals surface area contributed by atoms with E-state index in [1.807, 2.05) is 48.5 Å². The van der Waals surface area contributed by atoms with E-state index in [-0.39, 0.29) is 19.0 Å². The smallest absolute Gasteiger partial charge is 0.310 e. The molecule has 0 aliphatic carbocycles. The number of aliphatic carboxylic acids is 1. The van der Waals surface area contributed by atoms with Crippen LogP contribution in [0.1, 0.15) is 36.3 Å². The zero-order valence-corrected chi connectivity index (χ0v) is 12.9. The van der Waals surface area contributed by atoms with Crippen LogP contribution in [0.15, 0.2) is 60.7 Å². The average Bonchev–Trinajstić information content (AvgIpc) is 2.58. The number of hydrogen-bond acceptors (Lipinski definition) is 3. The Bertz CT molecular complexity index is 622. The summed E-state index contributed by atoms with van der Waals surface area (Å²) in [6, 6.07) is 18.6. The predicted molar refractivity (Wildman–Crippen MR) is 86.9 cm³/mol. The number of ether oxygens (including phenoxy) is 1. The summed E-state index contributed by atoms with van der Waals surface area (Å²) in [6.45, 7) is 0.251. The van der Waals surface area contributed by atoms with Gasteiger partial charge < -0.3 is 9.84 Å². The molecule has 1 atom stereocenters. The topological polar surface area (TPSA) is 63.6 Å².